The number of rotatable bonds is 3. The lowest BCUT2D eigenvalue weighted by Gasteiger charge is -2.26. The van der Waals surface area contributed by atoms with Gasteiger partial charge in [0.25, 0.3) is 5.91 Å². The molecule has 1 fully saturated rings. The molecule has 0 spiro atoms. The maximum absolute atomic E-state index is 13.5. The van der Waals surface area contributed by atoms with Crippen LogP contribution in [-0.2, 0) is 0 Å². The van der Waals surface area contributed by atoms with Gasteiger partial charge in [-0.1, -0.05) is 29.8 Å². The lowest BCUT2D eigenvalue weighted by atomic mass is 10.0. The number of fused-ring (bicyclic) bond motifs is 1. The lowest BCUT2D eigenvalue weighted by molar-refractivity contribution is 0.0725. The second-order valence-corrected chi connectivity index (χ2v) is 8.33. The zero-order chi connectivity index (χ0) is 22.2. The number of aryl methyl sites for hydroxylation is 1. The summed E-state index contributed by atoms with van der Waals surface area (Å²) >= 11 is 6.33. The highest BCUT2D eigenvalue weighted by Crippen LogP contribution is 2.38. The highest BCUT2D eigenvalue weighted by Gasteiger charge is 2.33. The molecule has 3 heterocycles. The number of aromatic nitrogens is 2. The number of halogens is 1. The number of ether oxygens (including phenoxy) is 2. The van der Waals surface area contributed by atoms with Crippen molar-refractivity contribution < 1.29 is 14.3 Å². The van der Waals surface area contributed by atoms with E-state index in [1.54, 1.807) is 28.6 Å². The van der Waals surface area contributed by atoms with Crippen LogP contribution in [0.1, 0.15) is 40.6 Å². The zero-order valence-electron chi connectivity index (χ0n) is 17.6. The molecule has 0 saturated carbocycles. The number of hydrogen-bond acceptors (Lipinski definition) is 5. The normalized spacial score (nSPS) is 17.4. The van der Waals surface area contributed by atoms with Gasteiger partial charge in [0.15, 0.2) is 17.2 Å². The summed E-state index contributed by atoms with van der Waals surface area (Å²) in [7, 11) is 0. The Balaban J connectivity index is 1.50. The summed E-state index contributed by atoms with van der Waals surface area (Å²) < 4.78 is 12.9. The first-order valence-electron chi connectivity index (χ1n) is 10.6. The number of hydrogen-bond donors (Lipinski definition) is 0. The van der Waals surface area contributed by atoms with Crippen molar-refractivity contribution >= 4 is 17.5 Å². The smallest absolute Gasteiger partial charge is 0.278 e. The Morgan fingerprint density at radius 2 is 1.88 bits per heavy atom. The van der Waals surface area contributed by atoms with Gasteiger partial charge in [-0.05, 0) is 49.6 Å². The van der Waals surface area contributed by atoms with Gasteiger partial charge in [-0.2, -0.15) is 5.10 Å². The van der Waals surface area contributed by atoms with Crippen molar-refractivity contribution in [1.29, 1.82) is 0 Å². The lowest BCUT2D eigenvalue weighted by Crippen LogP contribution is -2.36. The van der Waals surface area contributed by atoms with Crippen LogP contribution in [0.25, 0.3) is 5.69 Å². The van der Waals surface area contributed by atoms with Gasteiger partial charge < -0.3 is 14.4 Å². The first kappa shape index (κ1) is 20.6. The summed E-state index contributed by atoms with van der Waals surface area (Å²) in [6.45, 7) is 3.34. The van der Waals surface area contributed by atoms with Crippen molar-refractivity contribution in [2.45, 2.75) is 25.8 Å². The average molecular weight is 452 g/mol. The molecule has 0 N–H and O–H groups in total. The van der Waals surface area contributed by atoms with Crippen molar-refractivity contribution in [3.8, 4) is 17.2 Å². The SMILES string of the molecule is Cc1cc(=O)c(C(=O)N2CCC[C@@H]2c2ccc3c(c2)OCCO3)nn1-c1ccccc1Cl. The molecule has 8 heteroatoms. The van der Waals surface area contributed by atoms with Crippen LogP contribution in [0.2, 0.25) is 5.02 Å². The molecule has 2 aromatic carbocycles. The third-order valence-corrected chi connectivity index (χ3v) is 6.17. The van der Waals surface area contributed by atoms with Gasteiger partial charge in [0.2, 0.25) is 5.43 Å². The fourth-order valence-corrected chi connectivity index (χ4v) is 4.54. The van der Waals surface area contributed by atoms with Crippen LogP contribution < -0.4 is 14.9 Å². The fourth-order valence-electron chi connectivity index (χ4n) is 4.32. The van der Waals surface area contributed by atoms with E-state index in [2.05, 4.69) is 5.10 Å². The molecule has 164 valence electrons. The number of carbonyl (C=O) groups excluding carboxylic acids is 1. The molecule has 1 aromatic heterocycles. The van der Waals surface area contributed by atoms with E-state index in [0.717, 1.165) is 18.4 Å². The van der Waals surface area contributed by atoms with E-state index >= 15 is 0 Å². The number of carbonyl (C=O) groups is 1. The second-order valence-electron chi connectivity index (χ2n) is 7.92. The Kier molecular flexibility index (Phi) is 5.35. The minimum Gasteiger partial charge on any atom is -0.486 e. The molecule has 1 atom stereocenters. The Morgan fingerprint density at radius 3 is 2.69 bits per heavy atom. The topological polar surface area (TPSA) is 73.7 Å². The molecule has 1 amide bonds. The predicted octanol–water partition coefficient (Wildman–Crippen LogP) is 3.94. The second kappa shape index (κ2) is 8.31. The predicted molar refractivity (Wildman–Crippen MR) is 120 cm³/mol. The van der Waals surface area contributed by atoms with Crippen molar-refractivity contribution in [1.82, 2.24) is 14.7 Å². The van der Waals surface area contributed by atoms with Crippen LogP contribution >= 0.6 is 11.6 Å². The molecule has 2 aliphatic rings. The third-order valence-electron chi connectivity index (χ3n) is 5.86. The van der Waals surface area contributed by atoms with Gasteiger partial charge in [-0.15, -0.1) is 0 Å². The standard InChI is InChI=1S/C24H22ClN3O4/c1-15-13-20(29)23(26-28(15)19-6-3-2-5-17(19)25)24(30)27-10-4-7-18(27)16-8-9-21-22(14-16)32-12-11-31-21/h2-3,5-6,8-9,13-14,18H,4,7,10-12H2,1H3/t18-/m1/s1. The first-order valence-corrected chi connectivity index (χ1v) is 11.0. The van der Waals surface area contributed by atoms with Crippen molar-refractivity contribution in [3.63, 3.8) is 0 Å². The van der Waals surface area contributed by atoms with E-state index < -0.39 is 5.43 Å². The minimum absolute atomic E-state index is 0.111. The molecular weight excluding hydrogens is 430 g/mol. The number of benzene rings is 2. The number of likely N-dealkylation sites (tertiary alicyclic amines) is 1. The molecule has 0 radical (unpaired) electrons. The van der Waals surface area contributed by atoms with E-state index in [9.17, 15) is 9.59 Å². The Hall–Kier alpha value is -3.32. The number of nitrogens with zero attached hydrogens (tertiary/aromatic N) is 3. The third kappa shape index (κ3) is 3.62. The minimum atomic E-state index is -0.399. The first-order chi connectivity index (χ1) is 15.5. The molecule has 7 nitrogen and oxygen atoms in total. The monoisotopic (exact) mass is 451 g/mol. The van der Waals surface area contributed by atoms with Crippen LogP contribution in [0.3, 0.4) is 0 Å². The van der Waals surface area contributed by atoms with E-state index in [0.29, 0.717) is 47.7 Å². The van der Waals surface area contributed by atoms with E-state index in [1.807, 2.05) is 30.3 Å². The number of amides is 1. The molecule has 0 bridgehead atoms. The number of para-hydroxylation sites is 1. The Morgan fingerprint density at radius 1 is 1.09 bits per heavy atom. The van der Waals surface area contributed by atoms with E-state index in [-0.39, 0.29) is 17.6 Å². The van der Waals surface area contributed by atoms with Gasteiger partial charge in [-0.25, -0.2) is 4.68 Å². The summed E-state index contributed by atoms with van der Waals surface area (Å²) in [4.78, 5) is 28.0. The quantitative estimate of drug-likeness (QED) is 0.603. The van der Waals surface area contributed by atoms with Crippen LogP contribution in [0.15, 0.2) is 53.3 Å². The fraction of sp³-hybridized carbons (Fsp3) is 0.292. The summed E-state index contributed by atoms with van der Waals surface area (Å²) in [6.07, 6.45) is 1.64. The van der Waals surface area contributed by atoms with Crippen LogP contribution in [-0.4, -0.2) is 40.3 Å². The van der Waals surface area contributed by atoms with Crippen molar-refractivity contribution in [2.75, 3.05) is 19.8 Å². The van der Waals surface area contributed by atoms with Gasteiger partial charge in [0.05, 0.1) is 16.8 Å². The molecule has 1 saturated heterocycles. The molecule has 2 aliphatic heterocycles. The molecule has 5 rings (SSSR count). The Bertz CT molecular complexity index is 1260. The molecule has 32 heavy (non-hydrogen) atoms. The average Bonchev–Trinajstić information content (AvgIpc) is 3.29. The Labute approximate surface area is 190 Å². The highest BCUT2D eigenvalue weighted by molar-refractivity contribution is 6.32. The summed E-state index contributed by atoms with van der Waals surface area (Å²) in [6, 6.07) is 14.2. The van der Waals surface area contributed by atoms with Crippen LogP contribution in [0, 0.1) is 6.92 Å². The maximum atomic E-state index is 13.5. The van der Waals surface area contributed by atoms with E-state index in [4.69, 9.17) is 21.1 Å². The zero-order valence-corrected chi connectivity index (χ0v) is 18.3. The van der Waals surface area contributed by atoms with Crippen LogP contribution in [0.5, 0.6) is 11.5 Å². The molecule has 3 aromatic rings. The molecule has 0 unspecified atom stereocenters. The van der Waals surface area contributed by atoms with E-state index in [1.165, 1.54) is 6.07 Å². The largest absolute Gasteiger partial charge is 0.486 e. The van der Waals surface area contributed by atoms with Gasteiger partial charge >= 0.3 is 0 Å². The molecular formula is C24H22ClN3O4. The van der Waals surface area contributed by atoms with Crippen molar-refractivity contribution in [2.24, 2.45) is 0 Å². The summed E-state index contributed by atoms with van der Waals surface area (Å²) in [5.41, 5.74) is 1.66. The summed E-state index contributed by atoms with van der Waals surface area (Å²) in [5, 5.41) is 4.92. The van der Waals surface area contributed by atoms with Crippen LogP contribution in [0.4, 0.5) is 0 Å². The van der Waals surface area contributed by atoms with Crippen molar-refractivity contribution in [3.05, 3.63) is 80.7 Å². The highest BCUT2D eigenvalue weighted by atomic mass is 35.5. The van der Waals surface area contributed by atoms with Gasteiger partial charge in [-0.3, -0.25) is 9.59 Å². The molecule has 0 aliphatic carbocycles. The van der Waals surface area contributed by atoms with Gasteiger partial charge in [0.1, 0.15) is 13.2 Å². The summed E-state index contributed by atoms with van der Waals surface area (Å²) in [5.74, 6) is 1.01. The van der Waals surface area contributed by atoms with Gasteiger partial charge in [0, 0.05) is 18.3 Å². The maximum Gasteiger partial charge on any atom is 0.278 e.